The van der Waals surface area contributed by atoms with Crippen LogP contribution in [0.2, 0.25) is 0 Å². The number of hydrogen-bond acceptors (Lipinski definition) is 2. The summed E-state index contributed by atoms with van der Waals surface area (Å²) in [7, 11) is 2.18. The Morgan fingerprint density at radius 1 is 1.05 bits per heavy atom. The maximum Gasteiger partial charge on any atom is 0.253 e. The Kier molecular flexibility index (Phi) is 3.55. The van der Waals surface area contributed by atoms with Crippen molar-refractivity contribution in [1.82, 2.24) is 9.80 Å². The molecule has 2 aliphatic heterocycles. The quantitative estimate of drug-likeness (QED) is 0.825. The lowest BCUT2D eigenvalue weighted by molar-refractivity contribution is 0.0776. The summed E-state index contributed by atoms with van der Waals surface area (Å²) in [6.07, 6.45) is 0. The van der Waals surface area contributed by atoms with E-state index in [0.29, 0.717) is 17.8 Å². The fraction of sp³-hybridized carbons (Fsp3) is 0.588. The molecule has 0 radical (unpaired) electrons. The summed E-state index contributed by atoms with van der Waals surface area (Å²) < 4.78 is 0. The minimum Gasteiger partial charge on any atom is -0.338 e. The Balaban J connectivity index is 1.68. The highest BCUT2D eigenvalue weighted by Gasteiger charge is 2.40. The fourth-order valence-corrected chi connectivity index (χ4v) is 3.59. The monoisotopic (exact) mass is 272 g/mol. The van der Waals surface area contributed by atoms with Crippen molar-refractivity contribution in [2.24, 2.45) is 11.8 Å². The topological polar surface area (TPSA) is 23.6 Å². The molecule has 1 aromatic carbocycles. The van der Waals surface area contributed by atoms with Crippen LogP contribution in [0, 0.1) is 11.8 Å². The van der Waals surface area contributed by atoms with Crippen LogP contribution in [0.15, 0.2) is 24.3 Å². The molecule has 0 aliphatic carbocycles. The Morgan fingerprint density at radius 3 is 2.10 bits per heavy atom. The molecule has 0 saturated carbocycles. The minimum absolute atomic E-state index is 0.206. The summed E-state index contributed by atoms with van der Waals surface area (Å²) in [6.45, 7) is 8.49. The van der Waals surface area contributed by atoms with Gasteiger partial charge in [-0.05, 0) is 42.5 Å². The van der Waals surface area contributed by atoms with Gasteiger partial charge < -0.3 is 9.80 Å². The van der Waals surface area contributed by atoms with Crippen LogP contribution in [-0.2, 0) is 0 Å². The van der Waals surface area contributed by atoms with Crippen molar-refractivity contribution in [1.29, 1.82) is 0 Å². The molecule has 3 rings (SSSR count). The van der Waals surface area contributed by atoms with Gasteiger partial charge in [-0.25, -0.2) is 0 Å². The number of carbonyl (C=O) groups excluding carboxylic acids is 1. The third kappa shape index (κ3) is 2.47. The van der Waals surface area contributed by atoms with Gasteiger partial charge in [0.1, 0.15) is 0 Å². The standard InChI is InChI=1S/C17H24N2O/c1-12(2)13-4-6-14(7-5-13)17(20)19-10-15-8-18(3)9-16(15)11-19/h4-7,12,15-16H,8-11H2,1-3H3. The van der Waals surface area contributed by atoms with Crippen LogP contribution >= 0.6 is 0 Å². The first-order chi connectivity index (χ1) is 9.54. The zero-order valence-electron chi connectivity index (χ0n) is 12.7. The second-order valence-electron chi connectivity index (χ2n) is 6.73. The largest absolute Gasteiger partial charge is 0.338 e. The lowest BCUT2D eigenvalue weighted by Crippen LogP contribution is -2.32. The number of rotatable bonds is 2. The van der Waals surface area contributed by atoms with E-state index < -0.39 is 0 Å². The lowest BCUT2D eigenvalue weighted by Gasteiger charge is -2.19. The Bertz CT molecular complexity index is 480. The van der Waals surface area contributed by atoms with Gasteiger partial charge in [-0.2, -0.15) is 0 Å². The molecule has 2 unspecified atom stereocenters. The van der Waals surface area contributed by atoms with Gasteiger partial charge in [0.25, 0.3) is 5.91 Å². The Hall–Kier alpha value is -1.35. The molecule has 2 heterocycles. The molecule has 0 aromatic heterocycles. The second kappa shape index (κ2) is 5.21. The minimum atomic E-state index is 0.206. The van der Waals surface area contributed by atoms with Crippen LogP contribution in [0.25, 0.3) is 0 Å². The van der Waals surface area contributed by atoms with Gasteiger partial charge in [0.15, 0.2) is 0 Å². The van der Waals surface area contributed by atoms with Gasteiger partial charge in [0.05, 0.1) is 0 Å². The Morgan fingerprint density at radius 2 is 1.60 bits per heavy atom. The number of likely N-dealkylation sites (tertiary alicyclic amines) is 2. The van der Waals surface area contributed by atoms with E-state index in [1.807, 2.05) is 17.0 Å². The maximum atomic E-state index is 12.6. The third-order valence-corrected chi connectivity index (χ3v) is 4.78. The van der Waals surface area contributed by atoms with Crippen LogP contribution in [0.1, 0.15) is 35.7 Å². The number of carbonyl (C=O) groups is 1. The van der Waals surface area contributed by atoms with E-state index in [4.69, 9.17) is 0 Å². The highest BCUT2D eigenvalue weighted by molar-refractivity contribution is 5.94. The molecule has 2 fully saturated rings. The zero-order valence-corrected chi connectivity index (χ0v) is 12.7. The van der Waals surface area contributed by atoms with Gasteiger partial charge in [-0.15, -0.1) is 0 Å². The van der Waals surface area contributed by atoms with Crippen LogP contribution in [0.3, 0.4) is 0 Å². The molecule has 0 spiro atoms. The van der Waals surface area contributed by atoms with Crippen LogP contribution in [0.4, 0.5) is 0 Å². The molecule has 0 bridgehead atoms. The molecule has 1 amide bonds. The van der Waals surface area contributed by atoms with Gasteiger partial charge >= 0.3 is 0 Å². The maximum absolute atomic E-state index is 12.6. The van der Waals surface area contributed by atoms with E-state index in [1.165, 1.54) is 5.56 Å². The predicted octanol–water partition coefficient (Wildman–Crippen LogP) is 2.44. The zero-order chi connectivity index (χ0) is 14.3. The van der Waals surface area contributed by atoms with Gasteiger partial charge in [0.2, 0.25) is 0 Å². The molecule has 2 saturated heterocycles. The third-order valence-electron chi connectivity index (χ3n) is 4.78. The van der Waals surface area contributed by atoms with Crippen LogP contribution < -0.4 is 0 Å². The summed E-state index contributed by atoms with van der Waals surface area (Å²) in [5.74, 6) is 2.08. The van der Waals surface area contributed by atoms with Crippen molar-refractivity contribution in [2.45, 2.75) is 19.8 Å². The SMILES string of the molecule is CC(C)c1ccc(C(=O)N2CC3CN(C)CC3C2)cc1. The predicted molar refractivity (Wildman–Crippen MR) is 80.9 cm³/mol. The Labute approximate surface area is 121 Å². The van der Waals surface area contributed by atoms with Crippen molar-refractivity contribution in [3.63, 3.8) is 0 Å². The van der Waals surface area contributed by atoms with E-state index in [-0.39, 0.29) is 5.91 Å². The van der Waals surface area contributed by atoms with E-state index in [9.17, 15) is 4.79 Å². The smallest absolute Gasteiger partial charge is 0.253 e. The summed E-state index contributed by atoms with van der Waals surface area (Å²) in [4.78, 5) is 17.0. The van der Waals surface area contributed by atoms with E-state index in [0.717, 1.165) is 31.7 Å². The second-order valence-corrected chi connectivity index (χ2v) is 6.73. The molecule has 2 aliphatic rings. The van der Waals surface area contributed by atoms with E-state index >= 15 is 0 Å². The highest BCUT2D eigenvalue weighted by Crippen LogP contribution is 2.31. The van der Waals surface area contributed by atoms with Crippen molar-refractivity contribution in [3.05, 3.63) is 35.4 Å². The molecule has 108 valence electrons. The van der Waals surface area contributed by atoms with Crippen molar-refractivity contribution in [3.8, 4) is 0 Å². The first kappa shape index (κ1) is 13.6. The fourth-order valence-electron chi connectivity index (χ4n) is 3.59. The molecule has 20 heavy (non-hydrogen) atoms. The van der Waals surface area contributed by atoms with Gasteiger partial charge in [0, 0.05) is 31.7 Å². The van der Waals surface area contributed by atoms with E-state index in [1.54, 1.807) is 0 Å². The average molecular weight is 272 g/mol. The van der Waals surface area contributed by atoms with Crippen molar-refractivity contribution >= 4 is 5.91 Å². The van der Waals surface area contributed by atoms with Crippen LogP contribution in [0.5, 0.6) is 0 Å². The summed E-state index contributed by atoms with van der Waals surface area (Å²) in [5.41, 5.74) is 2.13. The van der Waals surface area contributed by atoms with E-state index in [2.05, 4.69) is 37.9 Å². The van der Waals surface area contributed by atoms with Gasteiger partial charge in [-0.1, -0.05) is 26.0 Å². The summed E-state index contributed by atoms with van der Waals surface area (Å²) >= 11 is 0. The highest BCUT2D eigenvalue weighted by atomic mass is 16.2. The normalized spacial score (nSPS) is 26.3. The molecular weight excluding hydrogens is 248 g/mol. The summed E-state index contributed by atoms with van der Waals surface area (Å²) in [6, 6.07) is 8.14. The molecule has 0 N–H and O–H groups in total. The number of hydrogen-bond donors (Lipinski definition) is 0. The first-order valence-electron chi connectivity index (χ1n) is 7.62. The first-order valence-corrected chi connectivity index (χ1v) is 7.62. The number of nitrogens with zero attached hydrogens (tertiary/aromatic N) is 2. The number of benzene rings is 1. The van der Waals surface area contributed by atoms with Gasteiger partial charge in [-0.3, -0.25) is 4.79 Å². The molecule has 2 atom stereocenters. The summed E-state index contributed by atoms with van der Waals surface area (Å²) in [5, 5.41) is 0. The molecule has 1 aromatic rings. The average Bonchev–Trinajstić information content (AvgIpc) is 2.95. The lowest BCUT2D eigenvalue weighted by atomic mass is 10.0. The van der Waals surface area contributed by atoms with Crippen molar-refractivity contribution < 1.29 is 4.79 Å². The van der Waals surface area contributed by atoms with Crippen molar-refractivity contribution in [2.75, 3.05) is 33.2 Å². The molecule has 3 nitrogen and oxygen atoms in total. The molecular formula is C17H24N2O. The molecule has 3 heteroatoms. The number of fused-ring (bicyclic) bond motifs is 1. The van der Waals surface area contributed by atoms with Crippen LogP contribution in [-0.4, -0.2) is 48.9 Å². The number of amides is 1.